The zero-order valence-corrected chi connectivity index (χ0v) is 16.7. The number of carbonyl (C=O) groups excluding carboxylic acids is 1. The number of methoxy groups -OCH3 is 1. The second kappa shape index (κ2) is 8.41. The predicted molar refractivity (Wildman–Crippen MR) is 113 cm³/mol. The summed E-state index contributed by atoms with van der Waals surface area (Å²) in [6, 6.07) is 16.8. The van der Waals surface area contributed by atoms with Crippen molar-refractivity contribution in [3.63, 3.8) is 0 Å². The van der Waals surface area contributed by atoms with Crippen LogP contribution in [0.1, 0.15) is 12.0 Å². The zero-order chi connectivity index (χ0) is 21.1. The van der Waals surface area contributed by atoms with E-state index in [2.05, 4.69) is 0 Å². The lowest BCUT2D eigenvalue weighted by Crippen LogP contribution is -2.41. The van der Waals surface area contributed by atoms with Crippen molar-refractivity contribution >= 4 is 5.91 Å². The molecular weight excluding hydrogens is 382 g/mol. The molecule has 4 rings (SSSR count). The first-order valence-corrected chi connectivity index (χ1v) is 9.83. The molecule has 0 aliphatic carbocycles. The molecule has 1 aliphatic heterocycles. The largest absolute Gasteiger partial charge is 0.497 e. The minimum atomic E-state index is -0.629. The van der Waals surface area contributed by atoms with Crippen molar-refractivity contribution in [1.82, 2.24) is 14.0 Å². The maximum Gasteiger partial charge on any atom is 0.320 e. The van der Waals surface area contributed by atoms with Crippen molar-refractivity contribution in [3.8, 4) is 11.4 Å². The predicted octanol–water partition coefficient (Wildman–Crippen LogP) is 2.06. The number of benzene rings is 2. The summed E-state index contributed by atoms with van der Waals surface area (Å²) >= 11 is 0. The van der Waals surface area contributed by atoms with E-state index in [4.69, 9.17) is 4.74 Å². The lowest BCUT2D eigenvalue weighted by Gasteiger charge is -2.17. The van der Waals surface area contributed by atoms with Crippen LogP contribution in [-0.4, -0.2) is 33.6 Å². The molecule has 2 heterocycles. The van der Waals surface area contributed by atoms with E-state index in [9.17, 15) is 14.4 Å². The van der Waals surface area contributed by atoms with Crippen LogP contribution < -0.4 is 15.9 Å². The first-order chi connectivity index (χ1) is 14.5. The Labute approximate surface area is 173 Å². The van der Waals surface area contributed by atoms with Gasteiger partial charge in [0.1, 0.15) is 5.75 Å². The molecule has 1 atom stereocenters. The van der Waals surface area contributed by atoms with Crippen LogP contribution in [-0.2, 0) is 17.9 Å². The third-order valence-corrected chi connectivity index (χ3v) is 5.36. The van der Waals surface area contributed by atoms with E-state index < -0.39 is 11.1 Å². The van der Waals surface area contributed by atoms with Gasteiger partial charge >= 0.3 is 11.1 Å². The Morgan fingerprint density at radius 2 is 1.77 bits per heavy atom. The summed E-state index contributed by atoms with van der Waals surface area (Å²) in [4.78, 5) is 39.5. The van der Waals surface area contributed by atoms with Crippen LogP contribution in [0.15, 0.2) is 76.6 Å². The Balaban J connectivity index is 1.50. The standard InChI is InChI=1S/C23H23N3O4/c1-30-20-9-5-8-19(13-20)26-11-10-24(22(28)23(26)29)15-18-12-21(27)25(16-18)14-17-6-3-2-4-7-17/h2-11,13,18H,12,14-16H2,1H3. The molecule has 1 amide bonds. The van der Waals surface area contributed by atoms with Gasteiger partial charge in [0.25, 0.3) is 0 Å². The summed E-state index contributed by atoms with van der Waals surface area (Å²) in [5.41, 5.74) is 0.406. The highest BCUT2D eigenvalue weighted by Crippen LogP contribution is 2.21. The number of hydrogen-bond acceptors (Lipinski definition) is 4. The molecule has 1 aromatic heterocycles. The summed E-state index contributed by atoms with van der Waals surface area (Å²) in [6.07, 6.45) is 3.56. The highest BCUT2D eigenvalue weighted by Gasteiger charge is 2.30. The number of rotatable bonds is 6. The molecule has 7 nitrogen and oxygen atoms in total. The number of nitrogens with zero attached hydrogens (tertiary/aromatic N) is 3. The van der Waals surface area contributed by atoms with E-state index >= 15 is 0 Å². The smallest absolute Gasteiger partial charge is 0.320 e. The third kappa shape index (κ3) is 4.05. The molecule has 0 radical (unpaired) electrons. The topological polar surface area (TPSA) is 73.5 Å². The molecule has 1 unspecified atom stereocenters. The SMILES string of the molecule is COc1cccc(-n2ccn(CC3CC(=O)N(Cc4ccccc4)C3)c(=O)c2=O)c1. The van der Waals surface area contributed by atoms with E-state index in [1.807, 2.05) is 35.2 Å². The van der Waals surface area contributed by atoms with Crippen LogP contribution in [0.4, 0.5) is 0 Å². The van der Waals surface area contributed by atoms with E-state index in [0.29, 0.717) is 37.5 Å². The fraction of sp³-hybridized carbons (Fsp3) is 0.261. The fourth-order valence-corrected chi connectivity index (χ4v) is 3.83. The second-order valence-electron chi connectivity index (χ2n) is 7.46. The Bertz CT molecular complexity index is 1170. The molecule has 1 aliphatic rings. The van der Waals surface area contributed by atoms with Gasteiger partial charge in [-0.15, -0.1) is 0 Å². The molecule has 3 aromatic rings. The lowest BCUT2D eigenvalue weighted by atomic mass is 10.1. The maximum absolute atomic E-state index is 12.7. The van der Waals surface area contributed by atoms with Gasteiger partial charge in [-0.25, -0.2) is 0 Å². The van der Waals surface area contributed by atoms with E-state index in [1.165, 1.54) is 9.13 Å². The number of carbonyl (C=O) groups is 1. The van der Waals surface area contributed by atoms with Gasteiger partial charge in [0.05, 0.1) is 12.8 Å². The molecule has 1 fully saturated rings. The third-order valence-electron chi connectivity index (χ3n) is 5.36. The lowest BCUT2D eigenvalue weighted by molar-refractivity contribution is -0.128. The normalized spacial score (nSPS) is 16.1. The van der Waals surface area contributed by atoms with Crippen molar-refractivity contribution in [2.45, 2.75) is 19.5 Å². The monoisotopic (exact) mass is 405 g/mol. The van der Waals surface area contributed by atoms with Crippen LogP contribution in [0.2, 0.25) is 0 Å². The van der Waals surface area contributed by atoms with Crippen LogP contribution >= 0.6 is 0 Å². The van der Waals surface area contributed by atoms with E-state index in [1.54, 1.807) is 43.8 Å². The van der Waals surface area contributed by atoms with Crippen molar-refractivity contribution in [1.29, 1.82) is 0 Å². The van der Waals surface area contributed by atoms with Crippen molar-refractivity contribution in [2.75, 3.05) is 13.7 Å². The summed E-state index contributed by atoms with van der Waals surface area (Å²) in [5, 5.41) is 0. The maximum atomic E-state index is 12.7. The summed E-state index contributed by atoms with van der Waals surface area (Å²) < 4.78 is 7.90. The van der Waals surface area contributed by atoms with Gasteiger partial charge in [0, 0.05) is 50.4 Å². The second-order valence-corrected chi connectivity index (χ2v) is 7.46. The van der Waals surface area contributed by atoms with Crippen LogP contribution in [0, 0.1) is 5.92 Å². The quantitative estimate of drug-likeness (QED) is 0.589. The molecule has 7 heteroatoms. The molecule has 0 spiro atoms. The number of amides is 1. The Kier molecular flexibility index (Phi) is 5.52. The molecule has 1 saturated heterocycles. The van der Waals surface area contributed by atoms with Crippen LogP contribution in [0.3, 0.4) is 0 Å². The van der Waals surface area contributed by atoms with Gasteiger partial charge in [-0.1, -0.05) is 36.4 Å². The van der Waals surface area contributed by atoms with Crippen molar-refractivity contribution < 1.29 is 9.53 Å². The highest BCUT2D eigenvalue weighted by atomic mass is 16.5. The number of hydrogen-bond donors (Lipinski definition) is 0. The summed E-state index contributed by atoms with van der Waals surface area (Å²) in [6.45, 7) is 1.46. The first kappa shape index (κ1) is 19.7. The highest BCUT2D eigenvalue weighted by molar-refractivity contribution is 5.78. The van der Waals surface area contributed by atoms with Crippen molar-refractivity contribution in [2.24, 2.45) is 5.92 Å². The number of ether oxygens (including phenoxy) is 1. The molecule has 0 bridgehead atoms. The van der Waals surface area contributed by atoms with Gasteiger partial charge in [-0.05, 0) is 17.7 Å². The fourth-order valence-electron chi connectivity index (χ4n) is 3.83. The van der Waals surface area contributed by atoms with Gasteiger partial charge in [-0.2, -0.15) is 0 Å². The Hall–Kier alpha value is -3.61. The summed E-state index contributed by atoms with van der Waals surface area (Å²) in [5.74, 6) is 0.666. The van der Waals surface area contributed by atoms with Gasteiger partial charge < -0.3 is 14.2 Å². The Morgan fingerprint density at radius 1 is 0.967 bits per heavy atom. The summed E-state index contributed by atoms with van der Waals surface area (Å²) in [7, 11) is 1.55. The molecular formula is C23H23N3O4. The van der Waals surface area contributed by atoms with Crippen LogP contribution in [0.25, 0.3) is 5.69 Å². The molecule has 0 saturated carbocycles. The van der Waals surface area contributed by atoms with Gasteiger partial charge in [0.15, 0.2) is 0 Å². The average Bonchev–Trinajstić information content (AvgIpc) is 3.11. The number of aromatic nitrogens is 2. The van der Waals surface area contributed by atoms with E-state index in [-0.39, 0.29) is 11.8 Å². The minimum Gasteiger partial charge on any atom is -0.497 e. The first-order valence-electron chi connectivity index (χ1n) is 9.83. The molecule has 154 valence electrons. The number of likely N-dealkylation sites (tertiary alicyclic amines) is 1. The van der Waals surface area contributed by atoms with Crippen LogP contribution in [0.5, 0.6) is 5.75 Å². The Morgan fingerprint density at radius 3 is 2.53 bits per heavy atom. The van der Waals surface area contributed by atoms with Crippen molar-refractivity contribution in [3.05, 3.63) is 93.3 Å². The minimum absolute atomic E-state index is 0.00835. The van der Waals surface area contributed by atoms with Gasteiger partial charge in [0.2, 0.25) is 5.91 Å². The zero-order valence-electron chi connectivity index (χ0n) is 16.7. The molecule has 2 aromatic carbocycles. The van der Waals surface area contributed by atoms with E-state index in [0.717, 1.165) is 5.56 Å². The van der Waals surface area contributed by atoms with Gasteiger partial charge in [-0.3, -0.25) is 19.0 Å². The average molecular weight is 405 g/mol. The molecule has 0 N–H and O–H groups in total. The molecule has 30 heavy (non-hydrogen) atoms.